The maximum atomic E-state index is 3.60. The van der Waals surface area contributed by atoms with E-state index in [9.17, 15) is 0 Å². The lowest BCUT2D eigenvalue weighted by atomic mass is 9.93. The van der Waals surface area contributed by atoms with E-state index >= 15 is 0 Å². The zero-order valence-corrected chi connectivity index (χ0v) is 13.1. The van der Waals surface area contributed by atoms with Crippen LogP contribution < -0.4 is 10.2 Å². The summed E-state index contributed by atoms with van der Waals surface area (Å²) in [5.41, 5.74) is 3.43. The lowest BCUT2D eigenvalue weighted by molar-refractivity contribution is 0.417. The van der Waals surface area contributed by atoms with Gasteiger partial charge in [0.15, 0.2) is 0 Å². The summed E-state index contributed by atoms with van der Waals surface area (Å²) in [6.45, 7) is 14.7. The fourth-order valence-corrected chi connectivity index (χ4v) is 2.65. The molecule has 0 saturated carbocycles. The van der Waals surface area contributed by atoms with E-state index in [-0.39, 0.29) is 5.54 Å². The molecule has 1 saturated heterocycles. The zero-order chi connectivity index (χ0) is 14.1. The predicted molar refractivity (Wildman–Crippen MR) is 83.6 cm³/mol. The molecule has 1 aromatic rings. The first-order chi connectivity index (χ1) is 8.77. The molecule has 1 aliphatic heterocycles. The number of nitrogens with one attached hydrogen (secondary N) is 1. The molecule has 1 heterocycles. The standard InChI is InChI=1S/C17H28N2/c1-16(2,3)18-12-14-8-6-7-9-15(14)19-11-10-17(4,5)13-19/h6-9,18H,10-13H2,1-5H3. The lowest BCUT2D eigenvalue weighted by Gasteiger charge is -2.26. The van der Waals surface area contributed by atoms with Crippen LogP contribution in [0.15, 0.2) is 24.3 Å². The Morgan fingerprint density at radius 3 is 2.47 bits per heavy atom. The van der Waals surface area contributed by atoms with E-state index in [0.29, 0.717) is 5.41 Å². The Balaban J connectivity index is 2.13. The minimum Gasteiger partial charge on any atom is -0.371 e. The maximum absolute atomic E-state index is 3.60. The SMILES string of the molecule is CC1(C)CCN(c2ccccc2CNC(C)(C)C)C1. The third-order valence-electron chi connectivity index (χ3n) is 3.82. The molecule has 1 N–H and O–H groups in total. The molecule has 19 heavy (non-hydrogen) atoms. The molecular formula is C17H28N2. The largest absolute Gasteiger partial charge is 0.371 e. The van der Waals surface area contributed by atoms with Gasteiger partial charge in [-0.05, 0) is 44.2 Å². The van der Waals surface area contributed by atoms with E-state index < -0.39 is 0 Å². The van der Waals surface area contributed by atoms with Crippen molar-refractivity contribution in [2.75, 3.05) is 18.0 Å². The number of anilines is 1. The number of hydrogen-bond acceptors (Lipinski definition) is 2. The highest BCUT2D eigenvalue weighted by molar-refractivity contribution is 5.54. The molecule has 0 unspecified atom stereocenters. The molecule has 0 spiro atoms. The molecule has 2 nitrogen and oxygen atoms in total. The number of rotatable bonds is 3. The molecule has 2 heteroatoms. The van der Waals surface area contributed by atoms with Crippen molar-refractivity contribution in [3.63, 3.8) is 0 Å². The van der Waals surface area contributed by atoms with E-state index in [0.717, 1.165) is 6.54 Å². The van der Waals surface area contributed by atoms with Crippen LogP contribution >= 0.6 is 0 Å². The second-order valence-electron chi connectivity index (χ2n) is 7.57. The Hall–Kier alpha value is -1.02. The Bertz CT molecular complexity index is 429. The normalized spacial score (nSPS) is 18.9. The van der Waals surface area contributed by atoms with Crippen molar-refractivity contribution in [1.82, 2.24) is 5.32 Å². The van der Waals surface area contributed by atoms with Crippen LogP contribution in [0.4, 0.5) is 5.69 Å². The van der Waals surface area contributed by atoms with Gasteiger partial charge in [0.1, 0.15) is 0 Å². The Kier molecular flexibility index (Phi) is 3.91. The fraction of sp³-hybridized carbons (Fsp3) is 0.647. The summed E-state index contributed by atoms with van der Waals surface area (Å²) in [5.74, 6) is 0. The molecule has 1 aromatic carbocycles. The average molecular weight is 260 g/mol. The summed E-state index contributed by atoms with van der Waals surface area (Å²) in [5, 5.41) is 3.60. The maximum Gasteiger partial charge on any atom is 0.0412 e. The van der Waals surface area contributed by atoms with Crippen LogP contribution in [0.5, 0.6) is 0 Å². The van der Waals surface area contributed by atoms with Crippen molar-refractivity contribution >= 4 is 5.69 Å². The molecule has 0 aromatic heterocycles. The number of nitrogens with zero attached hydrogens (tertiary/aromatic N) is 1. The van der Waals surface area contributed by atoms with Crippen LogP contribution in [-0.2, 0) is 6.54 Å². The van der Waals surface area contributed by atoms with E-state index in [1.807, 2.05) is 0 Å². The monoisotopic (exact) mass is 260 g/mol. The van der Waals surface area contributed by atoms with Gasteiger partial charge in [0.05, 0.1) is 0 Å². The van der Waals surface area contributed by atoms with Gasteiger partial charge in [-0.1, -0.05) is 32.0 Å². The topological polar surface area (TPSA) is 15.3 Å². The van der Waals surface area contributed by atoms with Gasteiger partial charge < -0.3 is 10.2 Å². The van der Waals surface area contributed by atoms with Crippen molar-refractivity contribution in [3.8, 4) is 0 Å². The summed E-state index contributed by atoms with van der Waals surface area (Å²) >= 11 is 0. The molecule has 106 valence electrons. The summed E-state index contributed by atoms with van der Waals surface area (Å²) in [6, 6.07) is 8.81. The highest BCUT2D eigenvalue weighted by Gasteiger charge is 2.30. The van der Waals surface area contributed by atoms with Crippen LogP contribution in [0.2, 0.25) is 0 Å². The number of benzene rings is 1. The van der Waals surface area contributed by atoms with Crippen molar-refractivity contribution in [2.24, 2.45) is 5.41 Å². The molecule has 0 amide bonds. The van der Waals surface area contributed by atoms with Crippen molar-refractivity contribution in [1.29, 1.82) is 0 Å². The third-order valence-corrected chi connectivity index (χ3v) is 3.82. The van der Waals surface area contributed by atoms with Crippen molar-refractivity contribution in [3.05, 3.63) is 29.8 Å². The van der Waals surface area contributed by atoms with E-state index in [2.05, 4.69) is 69.1 Å². The second-order valence-corrected chi connectivity index (χ2v) is 7.57. The summed E-state index contributed by atoms with van der Waals surface area (Å²) in [4.78, 5) is 2.54. The minimum absolute atomic E-state index is 0.164. The van der Waals surface area contributed by atoms with Crippen LogP contribution in [0.3, 0.4) is 0 Å². The molecule has 1 fully saturated rings. The average Bonchev–Trinajstić information content (AvgIpc) is 2.66. The van der Waals surface area contributed by atoms with Crippen molar-refractivity contribution in [2.45, 2.75) is 53.1 Å². The number of hydrogen-bond donors (Lipinski definition) is 1. The zero-order valence-electron chi connectivity index (χ0n) is 13.1. The summed E-state index contributed by atoms with van der Waals surface area (Å²) in [6.07, 6.45) is 1.29. The smallest absolute Gasteiger partial charge is 0.0412 e. The minimum atomic E-state index is 0.164. The van der Waals surface area contributed by atoms with Gasteiger partial charge in [0, 0.05) is 30.9 Å². The van der Waals surface area contributed by atoms with Gasteiger partial charge >= 0.3 is 0 Å². The van der Waals surface area contributed by atoms with Crippen LogP contribution in [-0.4, -0.2) is 18.6 Å². The molecule has 0 bridgehead atoms. The van der Waals surface area contributed by atoms with Gasteiger partial charge in [0.25, 0.3) is 0 Å². The Morgan fingerprint density at radius 2 is 1.89 bits per heavy atom. The molecule has 0 atom stereocenters. The van der Waals surface area contributed by atoms with Gasteiger partial charge in [-0.15, -0.1) is 0 Å². The Morgan fingerprint density at radius 1 is 1.21 bits per heavy atom. The molecule has 0 radical (unpaired) electrons. The highest BCUT2D eigenvalue weighted by atomic mass is 15.2. The Labute approximate surface area is 118 Å². The van der Waals surface area contributed by atoms with Gasteiger partial charge in [0.2, 0.25) is 0 Å². The molecular weight excluding hydrogens is 232 g/mol. The predicted octanol–water partition coefficient (Wildman–Crippen LogP) is 3.81. The quantitative estimate of drug-likeness (QED) is 0.889. The van der Waals surface area contributed by atoms with Crippen LogP contribution in [0, 0.1) is 5.41 Å². The van der Waals surface area contributed by atoms with Crippen LogP contribution in [0.25, 0.3) is 0 Å². The van der Waals surface area contributed by atoms with Crippen LogP contribution in [0.1, 0.15) is 46.6 Å². The van der Waals surface area contributed by atoms with E-state index in [1.54, 1.807) is 0 Å². The van der Waals surface area contributed by atoms with E-state index in [4.69, 9.17) is 0 Å². The van der Waals surface area contributed by atoms with Gasteiger partial charge in [-0.25, -0.2) is 0 Å². The third kappa shape index (κ3) is 3.97. The van der Waals surface area contributed by atoms with E-state index in [1.165, 1.54) is 30.8 Å². The first-order valence-electron chi connectivity index (χ1n) is 7.35. The molecule has 0 aliphatic carbocycles. The summed E-state index contributed by atoms with van der Waals surface area (Å²) in [7, 11) is 0. The molecule has 1 aliphatic rings. The lowest BCUT2D eigenvalue weighted by Crippen LogP contribution is -2.35. The second kappa shape index (κ2) is 5.16. The highest BCUT2D eigenvalue weighted by Crippen LogP contribution is 2.34. The molecule has 2 rings (SSSR count). The van der Waals surface area contributed by atoms with Gasteiger partial charge in [-0.3, -0.25) is 0 Å². The first kappa shape index (κ1) is 14.4. The fourth-order valence-electron chi connectivity index (χ4n) is 2.65. The van der Waals surface area contributed by atoms with Crippen molar-refractivity contribution < 1.29 is 0 Å². The van der Waals surface area contributed by atoms with Gasteiger partial charge in [-0.2, -0.15) is 0 Å². The summed E-state index contributed by atoms with van der Waals surface area (Å²) < 4.78 is 0. The number of para-hydroxylation sites is 1. The first-order valence-corrected chi connectivity index (χ1v) is 7.35.